The maximum absolute atomic E-state index is 9.92. The van der Waals surface area contributed by atoms with Crippen LogP contribution in [0.2, 0.25) is 0 Å². The van der Waals surface area contributed by atoms with Crippen molar-refractivity contribution in [2.24, 2.45) is 0 Å². The minimum absolute atomic E-state index is 0.279. The highest BCUT2D eigenvalue weighted by Gasteiger charge is 2.25. The molecule has 0 aromatic rings. The number of rotatable bonds is 1. The van der Waals surface area contributed by atoms with Gasteiger partial charge in [-0.1, -0.05) is 12.2 Å². The van der Waals surface area contributed by atoms with Crippen molar-refractivity contribution >= 4 is 0 Å². The van der Waals surface area contributed by atoms with Crippen LogP contribution < -0.4 is 0 Å². The van der Waals surface area contributed by atoms with Crippen molar-refractivity contribution < 1.29 is 5.11 Å². The molecule has 0 aromatic heterocycles. The lowest BCUT2D eigenvalue weighted by atomic mass is 9.87. The van der Waals surface area contributed by atoms with Crippen LogP contribution in [-0.2, 0) is 0 Å². The number of hydrogen-bond acceptors (Lipinski definition) is 2. The first-order valence-corrected chi connectivity index (χ1v) is 4.51. The molecule has 0 heterocycles. The average molecular weight is 165 g/mol. The van der Waals surface area contributed by atoms with Crippen LogP contribution >= 0.6 is 0 Å². The summed E-state index contributed by atoms with van der Waals surface area (Å²) in [6.45, 7) is 0. The molecule has 1 N–H and O–H groups in total. The number of aliphatic hydroxyl groups is 1. The van der Waals surface area contributed by atoms with Crippen LogP contribution in [0.3, 0.4) is 0 Å². The molecule has 1 aliphatic carbocycles. The Morgan fingerprint density at radius 2 is 2.08 bits per heavy atom. The normalized spacial score (nSPS) is 33.0. The number of nitriles is 1. The van der Waals surface area contributed by atoms with Crippen molar-refractivity contribution in [1.82, 2.24) is 0 Å². The second-order valence-corrected chi connectivity index (χ2v) is 3.46. The Bertz CT molecular complexity index is 204. The quantitative estimate of drug-likeness (QED) is 0.605. The second kappa shape index (κ2) is 4.27. The monoisotopic (exact) mass is 165 g/mol. The number of nitrogens with zero attached hydrogens (tertiary/aromatic N) is 1. The molecular formula is C10H15NO. The molecule has 1 rings (SSSR count). The fourth-order valence-corrected chi connectivity index (χ4v) is 1.59. The van der Waals surface area contributed by atoms with E-state index in [0.717, 1.165) is 32.1 Å². The zero-order valence-corrected chi connectivity index (χ0v) is 7.29. The van der Waals surface area contributed by atoms with E-state index in [9.17, 15) is 5.11 Å². The minimum atomic E-state index is -0.709. The number of hydrogen-bond donors (Lipinski definition) is 1. The van der Waals surface area contributed by atoms with Gasteiger partial charge in [0.05, 0.1) is 18.1 Å². The van der Waals surface area contributed by atoms with E-state index < -0.39 is 5.60 Å². The lowest BCUT2D eigenvalue weighted by molar-refractivity contribution is 0.0256. The van der Waals surface area contributed by atoms with Crippen molar-refractivity contribution in [2.45, 2.75) is 44.1 Å². The zero-order valence-electron chi connectivity index (χ0n) is 7.29. The second-order valence-electron chi connectivity index (χ2n) is 3.46. The van der Waals surface area contributed by atoms with E-state index in [0.29, 0.717) is 0 Å². The van der Waals surface area contributed by atoms with E-state index >= 15 is 0 Å². The van der Waals surface area contributed by atoms with Gasteiger partial charge in [0.2, 0.25) is 0 Å². The third kappa shape index (κ3) is 2.67. The van der Waals surface area contributed by atoms with Gasteiger partial charge in [-0.25, -0.2) is 0 Å². The Labute approximate surface area is 73.5 Å². The molecule has 2 heteroatoms. The van der Waals surface area contributed by atoms with E-state index in [-0.39, 0.29) is 6.42 Å². The Morgan fingerprint density at radius 3 is 2.83 bits per heavy atom. The summed E-state index contributed by atoms with van der Waals surface area (Å²) in [5, 5.41) is 18.4. The van der Waals surface area contributed by atoms with Crippen molar-refractivity contribution in [3.63, 3.8) is 0 Å². The molecule has 66 valence electrons. The lowest BCUT2D eigenvalue weighted by Crippen LogP contribution is -2.28. The largest absolute Gasteiger partial charge is 0.389 e. The summed E-state index contributed by atoms with van der Waals surface area (Å²) in [7, 11) is 0. The Morgan fingerprint density at radius 1 is 1.33 bits per heavy atom. The van der Waals surface area contributed by atoms with E-state index in [1.165, 1.54) is 0 Å². The smallest absolute Gasteiger partial charge is 0.0780 e. The van der Waals surface area contributed by atoms with Crippen molar-refractivity contribution in [3.05, 3.63) is 12.2 Å². The van der Waals surface area contributed by atoms with Gasteiger partial charge >= 0.3 is 0 Å². The molecule has 0 bridgehead atoms. The Balaban J connectivity index is 2.52. The summed E-state index contributed by atoms with van der Waals surface area (Å²) in [4.78, 5) is 0. The van der Waals surface area contributed by atoms with Gasteiger partial charge in [-0.2, -0.15) is 5.26 Å². The molecule has 1 atom stereocenters. The van der Waals surface area contributed by atoms with E-state index in [1.807, 2.05) is 0 Å². The van der Waals surface area contributed by atoms with Gasteiger partial charge in [0.25, 0.3) is 0 Å². The van der Waals surface area contributed by atoms with Crippen LogP contribution in [0.1, 0.15) is 38.5 Å². The summed E-state index contributed by atoms with van der Waals surface area (Å²) in [6.07, 6.45) is 8.97. The maximum atomic E-state index is 9.92. The molecule has 0 aliphatic heterocycles. The predicted molar refractivity (Wildman–Crippen MR) is 47.4 cm³/mol. The van der Waals surface area contributed by atoms with Gasteiger partial charge < -0.3 is 5.11 Å². The van der Waals surface area contributed by atoms with Crippen molar-refractivity contribution in [3.8, 4) is 6.07 Å². The van der Waals surface area contributed by atoms with Crippen LogP contribution in [0.15, 0.2) is 12.2 Å². The molecule has 0 spiro atoms. The molecule has 0 fully saturated rings. The van der Waals surface area contributed by atoms with Gasteiger partial charge in [-0.15, -0.1) is 0 Å². The van der Waals surface area contributed by atoms with Gasteiger partial charge in [-0.3, -0.25) is 0 Å². The molecule has 0 radical (unpaired) electrons. The molecule has 0 aromatic carbocycles. The van der Waals surface area contributed by atoms with Crippen LogP contribution in [0.4, 0.5) is 0 Å². The maximum Gasteiger partial charge on any atom is 0.0780 e. The lowest BCUT2D eigenvalue weighted by Gasteiger charge is -2.25. The summed E-state index contributed by atoms with van der Waals surface area (Å²) in [6, 6.07) is 2.05. The highest BCUT2D eigenvalue weighted by atomic mass is 16.3. The summed E-state index contributed by atoms with van der Waals surface area (Å²) in [5.41, 5.74) is -0.709. The minimum Gasteiger partial charge on any atom is -0.389 e. The zero-order chi connectivity index (χ0) is 8.86. The van der Waals surface area contributed by atoms with Gasteiger partial charge in [0.1, 0.15) is 0 Å². The first kappa shape index (κ1) is 9.28. The molecule has 2 nitrogen and oxygen atoms in total. The van der Waals surface area contributed by atoms with Crippen molar-refractivity contribution in [1.29, 1.82) is 5.26 Å². The highest BCUT2D eigenvalue weighted by Crippen LogP contribution is 2.26. The third-order valence-electron chi connectivity index (χ3n) is 2.36. The van der Waals surface area contributed by atoms with Crippen LogP contribution in [0.25, 0.3) is 0 Å². The van der Waals surface area contributed by atoms with Crippen LogP contribution in [-0.4, -0.2) is 10.7 Å². The van der Waals surface area contributed by atoms with E-state index in [4.69, 9.17) is 5.26 Å². The molecule has 12 heavy (non-hydrogen) atoms. The van der Waals surface area contributed by atoms with Gasteiger partial charge in [-0.05, 0) is 32.1 Å². The van der Waals surface area contributed by atoms with E-state index in [2.05, 4.69) is 18.2 Å². The Hall–Kier alpha value is -0.810. The fraction of sp³-hybridized carbons (Fsp3) is 0.700. The summed E-state index contributed by atoms with van der Waals surface area (Å²) >= 11 is 0. The van der Waals surface area contributed by atoms with Gasteiger partial charge in [0.15, 0.2) is 0 Å². The first-order valence-electron chi connectivity index (χ1n) is 4.51. The molecule has 0 saturated heterocycles. The third-order valence-corrected chi connectivity index (χ3v) is 2.36. The molecule has 0 saturated carbocycles. The standard InChI is InChI=1S/C10H15NO/c11-9-8-10(12)6-4-2-1-3-5-7-10/h1-2,12H,3-8H2/b2-1+/t10-/m0/s1. The highest BCUT2D eigenvalue weighted by molar-refractivity contribution is 4.94. The average Bonchev–Trinajstić information content (AvgIpc) is 1.99. The van der Waals surface area contributed by atoms with Crippen molar-refractivity contribution in [2.75, 3.05) is 0 Å². The summed E-state index contributed by atoms with van der Waals surface area (Å²) in [5.74, 6) is 0. The molecule has 0 amide bonds. The summed E-state index contributed by atoms with van der Waals surface area (Å²) < 4.78 is 0. The Kier molecular flexibility index (Phi) is 3.31. The van der Waals surface area contributed by atoms with Crippen LogP contribution in [0.5, 0.6) is 0 Å². The molecule has 1 aliphatic rings. The van der Waals surface area contributed by atoms with Crippen LogP contribution in [0, 0.1) is 11.3 Å². The first-order chi connectivity index (χ1) is 5.77. The molecule has 0 unspecified atom stereocenters. The fourth-order valence-electron chi connectivity index (χ4n) is 1.59. The van der Waals surface area contributed by atoms with Gasteiger partial charge in [0, 0.05) is 0 Å². The molecular weight excluding hydrogens is 150 g/mol. The SMILES string of the molecule is N#CC[C@]1(O)CC/C=C/CCC1. The predicted octanol–water partition coefficient (Wildman–Crippen LogP) is 2.15. The van der Waals surface area contributed by atoms with E-state index in [1.54, 1.807) is 0 Å². The number of allylic oxidation sites excluding steroid dienone is 2. The topological polar surface area (TPSA) is 44.0 Å².